The van der Waals surface area contributed by atoms with Crippen LogP contribution in [-0.4, -0.2) is 46.8 Å². The maximum atomic E-state index is 12.7. The van der Waals surface area contributed by atoms with Crippen LogP contribution in [0, 0.1) is 6.92 Å². The SMILES string of the molecule is Cc1c(C(=O)N(C)[C@@H]2CCNC2)cnn1-c1ccc(Br)cc1. The Morgan fingerprint density at radius 1 is 1.41 bits per heavy atom. The summed E-state index contributed by atoms with van der Waals surface area (Å²) in [7, 11) is 1.87. The number of hydrogen-bond donors (Lipinski definition) is 1. The van der Waals surface area contributed by atoms with Gasteiger partial charge < -0.3 is 10.2 Å². The molecule has 6 heteroatoms. The molecule has 1 aliphatic rings. The Bertz CT molecular complexity index is 674. The average molecular weight is 363 g/mol. The van der Waals surface area contributed by atoms with Crippen LogP contribution in [0.15, 0.2) is 34.9 Å². The molecule has 2 aromatic rings. The molecule has 0 bridgehead atoms. The lowest BCUT2D eigenvalue weighted by molar-refractivity contribution is 0.0743. The fraction of sp³-hybridized carbons (Fsp3) is 0.375. The van der Waals surface area contributed by atoms with Crippen LogP contribution in [0.3, 0.4) is 0 Å². The van der Waals surface area contributed by atoms with Gasteiger partial charge in [-0.2, -0.15) is 5.10 Å². The molecular weight excluding hydrogens is 344 g/mol. The molecule has 2 heterocycles. The first-order chi connectivity index (χ1) is 10.6. The van der Waals surface area contributed by atoms with Crippen molar-refractivity contribution in [2.75, 3.05) is 20.1 Å². The molecule has 22 heavy (non-hydrogen) atoms. The summed E-state index contributed by atoms with van der Waals surface area (Å²) >= 11 is 3.43. The van der Waals surface area contributed by atoms with Gasteiger partial charge in [-0.05, 0) is 44.2 Å². The van der Waals surface area contributed by atoms with Crippen LogP contribution in [0.5, 0.6) is 0 Å². The topological polar surface area (TPSA) is 50.2 Å². The van der Waals surface area contributed by atoms with Gasteiger partial charge in [0, 0.05) is 24.1 Å². The van der Waals surface area contributed by atoms with Crippen molar-refractivity contribution in [1.82, 2.24) is 20.0 Å². The second-order valence-electron chi connectivity index (χ2n) is 5.59. The number of nitrogens with zero attached hydrogens (tertiary/aromatic N) is 3. The van der Waals surface area contributed by atoms with Gasteiger partial charge in [-0.1, -0.05) is 15.9 Å². The molecule has 0 aliphatic carbocycles. The maximum Gasteiger partial charge on any atom is 0.257 e. The minimum absolute atomic E-state index is 0.0366. The predicted molar refractivity (Wildman–Crippen MR) is 89.4 cm³/mol. The number of carbonyl (C=O) groups is 1. The molecular formula is C16H19BrN4O. The van der Waals surface area contributed by atoms with Crippen molar-refractivity contribution in [1.29, 1.82) is 0 Å². The number of likely N-dealkylation sites (N-methyl/N-ethyl adjacent to an activating group) is 1. The van der Waals surface area contributed by atoms with Gasteiger partial charge in [-0.3, -0.25) is 4.79 Å². The first kappa shape index (κ1) is 15.2. The summed E-state index contributed by atoms with van der Waals surface area (Å²) in [4.78, 5) is 14.5. The first-order valence-corrected chi connectivity index (χ1v) is 8.15. The van der Waals surface area contributed by atoms with Gasteiger partial charge in [-0.25, -0.2) is 4.68 Å². The van der Waals surface area contributed by atoms with Crippen LogP contribution in [0.1, 0.15) is 22.5 Å². The van der Waals surface area contributed by atoms with Gasteiger partial charge in [-0.15, -0.1) is 0 Å². The summed E-state index contributed by atoms with van der Waals surface area (Å²) in [5.74, 6) is 0.0366. The van der Waals surface area contributed by atoms with Gasteiger partial charge >= 0.3 is 0 Å². The lowest BCUT2D eigenvalue weighted by atomic mass is 10.1. The summed E-state index contributed by atoms with van der Waals surface area (Å²) in [5.41, 5.74) is 2.48. The lowest BCUT2D eigenvalue weighted by Crippen LogP contribution is -2.38. The van der Waals surface area contributed by atoms with Crippen molar-refractivity contribution in [3.05, 3.63) is 46.2 Å². The Hall–Kier alpha value is -1.66. The van der Waals surface area contributed by atoms with Gasteiger partial charge in [0.15, 0.2) is 0 Å². The molecule has 0 saturated carbocycles. The number of hydrogen-bond acceptors (Lipinski definition) is 3. The van der Waals surface area contributed by atoms with E-state index in [1.54, 1.807) is 10.9 Å². The second kappa shape index (κ2) is 6.22. The zero-order chi connectivity index (χ0) is 15.7. The number of benzene rings is 1. The highest BCUT2D eigenvalue weighted by atomic mass is 79.9. The molecule has 0 unspecified atom stereocenters. The fourth-order valence-corrected chi connectivity index (χ4v) is 3.05. The van der Waals surface area contributed by atoms with E-state index in [1.807, 2.05) is 43.1 Å². The zero-order valence-corrected chi connectivity index (χ0v) is 14.3. The molecule has 1 aromatic heterocycles. The van der Waals surface area contributed by atoms with Gasteiger partial charge in [0.05, 0.1) is 23.1 Å². The third-order valence-electron chi connectivity index (χ3n) is 4.21. The van der Waals surface area contributed by atoms with Crippen molar-refractivity contribution in [3.8, 4) is 5.69 Å². The van der Waals surface area contributed by atoms with Crippen molar-refractivity contribution in [2.24, 2.45) is 0 Å². The van der Waals surface area contributed by atoms with E-state index < -0.39 is 0 Å². The van der Waals surface area contributed by atoms with Crippen molar-refractivity contribution in [2.45, 2.75) is 19.4 Å². The molecule has 0 spiro atoms. The third kappa shape index (κ3) is 2.80. The number of halogens is 1. The lowest BCUT2D eigenvalue weighted by Gasteiger charge is -2.23. The Kier molecular flexibility index (Phi) is 4.31. The number of amides is 1. The first-order valence-electron chi connectivity index (χ1n) is 7.36. The molecule has 5 nitrogen and oxygen atoms in total. The van der Waals surface area contributed by atoms with Gasteiger partial charge in [0.25, 0.3) is 5.91 Å². The molecule has 1 aromatic carbocycles. The average Bonchev–Trinajstić information content (AvgIpc) is 3.16. The summed E-state index contributed by atoms with van der Waals surface area (Å²) in [6.45, 7) is 3.77. The zero-order valence-electron chi connectivity index (χ0n) is 12.7. The smallest absolute Gasteiger partial charge is 0.257 e. The number of rotatable bonds is 3. The van der Waals surface area contributed by atoms with Crippen molar-refractivity contribution < 1.29 is 4.79 Å². The molecule has 3 rings (SSSR count). The Balaban J connectivity index is 1.86. The number of nitrogens with one attached hydrogen (secondary N) is 1. The molecule has 1 amide bonds. The highest BCUT2D eigenvalue weighted by Gasteiger charge is 2.26. The predicted octanol–water partition coefficient (Wildman–Crippen LogP) is 2.38. The van der Waals surface area contributed by atoms with E-state index in [0.29, 0.717) is 5.56 Å². The molecule has 1 saturated heterocycles. The molecule has 1 N–H and O–H groups in total. The van der Waals surface area contributed by atoms with E-state index >= 15 is 0 Å². The molecule has 116 valence electrons. The normalized spacial score (nSPS) is 17.7. The van der Waals surface area contributed by atoms with E-state index in [2.05, 4.69) is 26.3 Å². The Morgan fingerprint density at radius 3 is 2.77 bits per heavy atom. The highest BCUT2D eigenvalue weighted by Crippen LogP contribution is 2.19. The molecule has 1 atom stereocenters. The number of carbonyl (C=O) groups excluding carboxylic acids is 1. The standard InChI is InChI=1S/C16H19BrN4O/c1-11-15(16(22)20(2)14-7-8-18-9-14)10-19-21(11)13-5-3-12(17)4-6-13/h3-6,10,14,18H,7-9H2,1-2H3/t14-/m1/s1. The monoisotopic (exact) mass is 362 g/mol. The van der Waals surface area contributed by atoms with E-state index in [9.17, 15) is 4.79 Å². The largest absolute Gasteiger partial charge is 0.337 e. The van der Waals surface area contributed by atoms with E-state index in [4.69, 9.17) is 0 Å². The molecule has 1 aliphatic heterocycles. The van der Waals surface area contributed by atoms with Crippen molar-refractivity contribution >= 4 is 21.8 Å². The number of aromatic nitrogens is 2. The van der Waals surface area contributed by atoms with Gasteiger partial charge in [0.1, 0.15) is 0 Å². The quantitative estimate of drug-likeness (QED) is 0.911. The van der Waals surface area contributed by atoms with Crippen LogP contribution in [0.2, 0.25) is 0 Å². The van der Waals surface area contributed by atoms with Crippen LogP contribution in [-0.2, 0) is 0 Å². The van der Waals surface area contributed by atoms with E-state index in [1.165, 1.54) is 0 Å². The third-order valence-corrected chi connectivity index (χ3v) is 4.74. The summed E-state index contributed by atoms with van der Waals surface area (Å²) < 4.78 is 2.83. The fourth-order valence-electron chi connectivity index (χ4n) is 2.79. The van der Waals surface area contributed by atoms with Crippen molar-refractivity contribution in [3.63, 3.8) is 0 Å². The van der Waals surface area contributed by atoms with E-state index in [-0.39, 0.29) is 11.9 Å². The molecule has 0 radical (unpaired) electrons. The Morgan fingerprint density at radius 2 is 2.14 bits per heavy atom. The van der Waals surface area contributed by atoms with Crippen LogP contribution in [0.25, 0.3) is 5.69 Å². The van der Waals surface area contributed by atoms with Crippen LogP contribution >= 0.6 is 15.9 Å². The second-order valence-corrected chi connectivity index (χ2v) is 6.51. The molecule has 1 fully saturated rings. The Labute approximate surface area is 138 Å². The minimum Gasteiger partial charge on any atom is -0.337 e. The minimum atomic E-state index is 0.0366. The highest BCUT2D eigenvalue weighted by molar-refractivity contribution is 9.10. The van der Waals surface area contributed by atoms with Crippen LogP contribution in [0.4, 0.5) is 0 Å². The van der Waals surface area contributed by atoms with Gasteiger partial charge in [0.2, 0.25) is 0 Å². The van der Waals surface area contributed by atoms with Crippen LogP contribution < -0.4 is 5.32 Å². The summed E-state index contributed by atoms with van der Waals surface area (Å²) in [6.07, 6.45) is 2.67. The summed E-state index contributed by atoms with van der Waals surface area (Å²) in [5, 5.41) is 7.68. The van der Waals surface area contributed by atoms with E-state index in [0.717, 1.165) is 35.4 Å². The maximum absolute atomic E-state index is 12.7. The summed E-state index contributed by atoms with van der Waals surface area (Å²) in [6, 6.07) is 8.15.